The van der Waals surface area contributed by atoms with E-state index in [0.717, 1.165) is 16.9 Å². The highest BCUT2D eigenvalue weighted by Crippen LogP contribution is 2.18. The third-order valence-electron chi connectivity index (χ3n) is 3.39. The van der Waals surface area contributed by atoms with Crippen LogP contribution < -0.4 is 16.4 Å². The van der Waals surface area contributed by atoms with Crippen molar-refractivity contribution in [2.45, 2.75) is 13.5 Å². The van der Waals surface area contributed by atoms with Gasteiger partial charge in [-0.05, 0) is 42.8 Å². The average molecular weight is 324 g/mol. The van der Waals surface area contributed by atoms with E-state index in [0.29, 0.717) is 18.3 Å². The van der Waals surface area contributed by atoms with Crippen molar-refractivity contribution < 1.29 is 4.39 Å². The predicted molar refractivity (Wildman–Crippen MR) is 92.4 cm³/mol. The van der Waals surface area contributed by atoms with Crippen molar-refractivity contribution in [2.24, 2.45) is 0 Å². The molecule has 0 bridgehead atoms. The smallest absolute Gasteiger partial charge is 0.232 e. The molecule has 0 aliphatic heterocycles. The van der Waals surface area contributed by atoms with E-state index < -0.39 is 0 Å². The maximum Gasteiger partial charge on any atom is 0.232 e. The first-order chi connectivity index (χ1) is 11.6. The Bertz CT molecular complexity index is 835. The van der Waals surface area contributed by atoms with Gasteiger partial charge >= 0.3 is 0 Å². The SMILES string of the molecule is Cc1ccccc1Nc1nc(N)nc(CNc2ccc(F)cc2)n1. The minimum absolute atomic E-state index is 0.136. The quantitative estimate of drug-likeness (QED) is 0.667. The van der Waals surface area contributed by atoms with E-state index in [4.69, 9.17) is 5.73 Å². The number of nitrogens with one attached hydrogen (secondary N) is 2. The van der Waals surface area contributed by atoms with Crippen molar-refractivity contribution in [1.29, 1.82) is 0 Å². The molecule has 7 heteroatoms. The summed E-state index contributed by atoms with van der Waals surface area (Å²) >= 11 is 0. The number of aryl methyl sites for hydroxylation is 1. The third-order valence-corrected chi connectivity index (χ3v) is 3.39. The molecule has 0 spiro atoms. The van der Waals surface area contributed by atoms with Crippen LogP contribution in [0.3, 0.4) is 0 Å². The molecule has 0 amide bonds. The number of hydrogen-bond donors (Lipinski definition) is 3. The van der Waals surface area contributed by atoms with Gasteiger partial charge in [-0.3, -0.25) is 0 Å². The summed E-state index contributed by atoms with van der Waals surface area (Å²) in [6.45, 7) is 2.34. The Morgan fingerprint density at radius 1 is 1.00 bits per heavy atom. The maximum atomic E-state index is 12.9. The molecule has 0 unspecified atom stereocenters. The zero-order valence-corrected chi connectivity index (χ0v) is 13.1. The Morgan fingerprint density at radius 2 is 1.75 bits per heavy atom. The van der Waals surface area contributed by atoms with Crippen molar-refractivity contribution in [2.75, 3.05) is 16.4 Å². The molecule has 3 rings (SSSR count). The normalized spacial score (nSPS) is 10.4. The minimum Gasteiger partial charge on any atom is -0.378 e. The number of anilines is 4. The van der Waals surface area contributed by atoms with E-state index in [2.05, 4.69) is 25.6 Å². The fraction of sp³-hybridized carbons (Fsp3) is 0.118. The number of halogens is 1. The number of benzene rings is 2. The first-order valence-electron chi connectivity index (χ1n) is 7.43. The largest absolute Gasteiger partial charge is 0.378 e. The Morgan fingerprint density at radius 3 is 2.50 bits per heavy atom. The molecular formula is C17H17FN6. The highest BCUT2D eigenvalue weighted by Gasteiger charge is 2.06. The molecule has 3 aromatic rings. The van der Waals surface area contributed by atoms with Gasteiger partial charge in [0.05, 0.1) is 6.54 Å². The Hall–Kier alpha value is -3.22. The lowest BCUT2D eigenvalue weighted by Crippen LogP contribution is -2.10. The lowest BCUT2D eigenvalue weighted by atomic mass is 10.2. The molecule has 0 saturated heterocycles. The van der Waals surface area contributed by atoms with Crippen molar-refractivity contribution in [3.63, 3.8) is 0 Å². The Balaban J connectivity index is 1.74. The van der Waals surface area contributed by atoms with Gasteiger partial charge in [-0.25, -0.2) is 4.39 Å². The summed E-state index contributed by atoms with van der Waals surface area (Å²) in [6, 6.07) is 13.9. The van der Waals surface area contributed by atoms with Gasteiger partial charge in [-0.15, -0.1) is 0 Å². The number of nitrogens with two attached hydrogens (primary N) is 1. The molecule has 0 saturated carbocycles. The highest BCUT2D eigenvalue weighted by molar-refractivity contribution is 5.58. The molecule has 122 valence electrons. The van der Waals surface area contributed by atoms with E-state index in [1.54, 1.807) is 12.1 Å². The van der Waals surface area contributed by atoms with Crippen LogP contribution in [-0.2, 0) is 6.54 Å². The van der Waals surface area contributed by atoms with Crippen molar-refractivity contribution >= 4 is 23.3 Å². The lowest BCUT2D eigenvalue weighted by molar-refractivity contribution is 0.628. The van der Waals surface area contributed by atoms with Crippen molar-refractivity contribution in [3.8, 4) is 0 Å². The molecule has 1 heterocycles. The number of para-hydroxylation sites is 1. The summed E-state index contributed by atoms with van der Waals surface area (Å²) < 4.78 is 12.9. The maximum absolute atomic E-state index is 12.9. The molecule has 2 aromatic carbocycles. The van der Waals surface area contributed by atoms with Gasteiger partial charge in [-0.1, -0.05) is 18.2 Å². The summed E-state index contributed by atoms with van der Waals surface area (Å²) in [5.41, 5.74) is 8.50. The second-order valence-corrected chi connectivity index (χ2v) is 5.23. The average Bonchev–Trinajstić information content (AvgIpc) is 2.56. The molecule has 0 fully saturated rings. The van der Waals surface area contributed by atoms with E-state index in [1.165, 1.54) is 12.1 Å². The standard InChI is InChI=1S/C17H17FN6/c1-11-4-2-3-5-14(11)21-17-23-15(22-16(19)24-17)10-20-13-8-6-12(18)7-9-13/h2-9,20H,10H2,1H3,(H3,19,21,22,23,24). The second kappa shape index (κ2) is 6.91. The number of hydrogen-bond acceptors (Lipinski definition) is 6. The van der Waals surface area contributed by atoms with Gasteiger partial charge in [-0.2, -0.15) is 15.0 Å². The summed E-state index contributed by atoms with van der Waals surface area (Å²) in [5, 5.41) is 6.25. The van der Waals surface area contributed by atoms with Crippen molar-refractivity contribution in [1.82, 2.24) is 15.0 Å². The fourth-order valence-electron chi connectivity index (χ4n) is 2.16. The molecule has 0 aliphatic rings. The highest BCUT2D eigenvalue weighted by atomic mass is 19.1. The van der Waals surface area contributed by atoms with Gasteiger partial charge in [0.15, 0.2) is 5.82 Å². The monoisotopic (exact) mass is 324 g/mol. The molecular weight excluding hydrogens is 307 g/mol. The van der Waals surface area contributed by atoms with Crippen LogP contribution in [0, 0.1) is 12.7 Å². The molecule has 6 nitrogen and oxygen atoms in total. The lowest BCUT2D eigenvalue weighted by Gasteiger charge is -2.10. The molecule has 1 aromatic heterocycles. The topological polar surface area (TPSA) is 88.8 Å². The molecule has 4 N–H and O–H groups in total. The fourth-order valence-corrected chi connectivity index (χ4v) is 2.16. The van der Waals surface area contributed by atoms with E-state index in [-0.39, 0.29) is 11.8 Å². The number of nitrogens with zero attached hydrogens (tertiary/aromatic N) is 3. The van der Waals surface area contributed by atoms with Crippen LogP contribution in [0.25, 0.3) is 0 Å². The van der Waals surface area contributed by atoms with Crippen LogP contribution in [0.15, 0.2) is 48.5 Å². The first kappa shape index (κ1) is 15.7. The van der Waals surface area contributed by atoms with E-state index >= 15 is 0 Å². The summed E-state index contributed by atoms with van der Waals surface area (Å²) in [6.07, 6.45) is 0. The number of rotatable bonds is 5. The van der Waals surface area contributed by atoms with Gasteiger partial charge in [0.1, 0.15) is 5.82 Å². The van der Waals surface area contributed by atoms with Crippen LogP contribution in [0.5, 0.6) is 0 Å². The molecule has 0 radical (unpaired) electrons. The van der Waals surface area contributed by atoms with Crippen LogP contribution in [0.1, 0.15) is 11.4 Å². The van der Waals surface area contributed by atoms with Gasteiger partial charge in [0.25, 0.3) is 0 Å². The van der Waals surface area contributed by atoms with Gasteiger partial charge in [0.2, 0.25) is 11.9 Å². The summed E-state index contributed by atoms with van der Waals surface area (Å²) in [4.78, 5) is 12.6. The zero-order chi connectivity index (χ0) is 16.9. The first-order valence-corrected chi connectivity index (χ1v) is 7.43. The van der Waals surface area contributed by atoms with E-state index in [9.17, 15) is 4.39 Å². The third kappa shape index (κ3) is 3.95. The zero-order valence-electron chi connectivity index (χ0n) is 13.1. The van der Waals surface area contributed by atoms with E-state index in [1.807, 2.05) is 31.2 Å². The van der Waals surface area contributed by atoms with Crippen LogP contribution in [0.4, 0.5) is 27.7 Å². The molecule has 0 atom stereocenters. The van der Waals surface area contributed by atoms with Gasteiger partial charge < -0.3 is 16.4 Å². The number of nitrogen functional groups attached to an aromatic ring is 1. The molecule has 24 heavy (non-hydrogen) atoms. The van der Waals surface area contributed by atoms with Crippen LogP contribution >= 0.6 is 0 Å². The minimum atomic E-state index is -0.283. The summed E-state index contributed by atoms with van der Waals surface area (Å²) in [5.74, 6) is 0.724. The Kier molecular flexibility index (Phi) is 4.51. The van der Waals surface area contributed by atoms with Crippen LogP contribution in [-0.4, -0.2) is 15.0 Å². The number of aromatic nitrogens is 3. The predicted octanol–water partition coefficient (Wildman–Crippen LogP) is 3.26. The van der Waals surface area contributed by atoms with Gasteiger partial charge in [0, 0.05) is 11.4 Å². The van der Waals surface area contributed by atoms with Crippen LogP contribution in [0.2, 0.25) is 0 Å². The second-order valence-electron chi connectivity index (χ2n) is 5.23. The molecule has 0 aliphatic carbocycles. The summed E-state index contributed by atoms with van der Waals surface area (Å²) in [7, 11) is 0. The Labute approximate surface area is 139 Å². The van der Waals surface area contributed by atoms with Crippen molar-refractivity contribution in [3.05, 3.63) is 65.7 Å².